The number of hydrogen-bond donors (Lipinski definition) is 0. The Morgan fingerprint density at radius 3 is 2.00 bits per heavy atom. The number of carbonyl (C=O) groups excluding carboxylic acids is 1. The summed E-state index contributed by atoms with van der Waals surface area (Å²) < 4.78 is 75.2. The average Bonchev–Trinajstić information content (AvgIpc) is 2.27. The van der Waals surface area contributed by atoms with Gasteiger partial charge in [-0.25, -0.2) is 9.69 Å². The third-order valence-corrected chi connectivity index (χ3v) is 1.52. The van der Waals surface area contributed by atoms with Crippen molar-refractivity contribution < 1.29 is 35.9 Å². The van der Waals surface area contributed by atoms with E-state index < -0.39 is 36.1 Å². The normalized spacial score (nSPS) is 24.0. The number of nitrogens with zero attached hydrogens (tertiary/aromatic N) is 1. The summed E-state index contributed by atoms with van der Waals surface area (Å²) in [7, 11) is 0. The highest BCUT2D eigenvalue weighted by Crippen LogP contribution is 2.36. The zero-order chi connectivity index (χ0) is 11.1. The molecule has 0 aromatic heterocycles. The summed E-state index contributed by atoms with van der Waals surface area (Å²) in [5.41, 5.74) is 0. The second kappa shape index (κ2) is 2.92. The molecule has 14 heavy (non-hydrogen) atoms. The lowest BCUT2D eigenvalue weighted by Crippen LogP contribution is -2.51. The first-order valence-corrected chi connectivity index (χ1v) is 3.23. The molecule has 1 rings (SSSR count). The van der Waals surface area contributed by atoms with Crippen molar-refractivity contribution >= 4 is 6.09 Å². The van der Waals surface area contributed by atoms with Crippen molar-refractivity contribution in [1.82, 2.24) is 4.90 Å². The van der Waals surface area contributed by atoms with Gasteiger partial charge in [-0.05, 0) is 0 Å². The summed E-state index contributed by atoms with van der Waals surface area (Å²) in [5.74, 6) is 0. The van der Waals surface area contributed by atoms with Gasteiger partial charge in [0.2, 0.25) is 0 Å². The van der Waals surface area contributed by atoms with Gasteiger partial charge in [-0.3, -0.25) is 0 Å². The highest BCUT2D eigenvalue weighted by Gasteiger charge is 2.60. The van der Waals surface area contributed by atoms with Crippen molar-refractivity contribution in [3.63, 3.8) is 0 Å². The molecule has 3 nitrogen and oxygen atoms in total. The fourth-order valence-corrected chi connectivity index (χ4v) is 0.943. The number of hydrogen-bond acceptors (Lipinski definition) is 2. The van der Waals surface area contributed by atoms with Crippen LogP contribution in [0.1, 0.15) is 0 Å². The predicted octanol–water partition coefficient (Wildman–Crippen LogP) is 1.89. The first-order valence-electron chi connectivity index (χ1n) is 3.23. The zero-order valence-corrected chi connectivity index (χ0v) is 6.32. The Balaban J connectivity index is 2.94. The molecule has 0 aliphatic carbocycles. The number of ether oxygens (including phenoxy) is 1. The number of alkyl halides is 6. The molecule has 82 valence electrons. The highest BCUT2D eigenvalue weighted by atomic mass is 19.4. The summed E-state index contributed by atoms with van der Waals surface area (Å²) in [4.78, 5) is 9.09. The fourth-order valence-electron chi connectivity index (χ4n) is 0.943. The average molecular weight is 223 g/mol. The molecule has 1 amide bonds. The van der Waals surface area contributed by atoms with Crippen LogP contribution in [0.2, 0.25) is 0 Å². The van der Waals surface area contributed by atoms with E-state index >= 15 is 0 Å². The van der Waals surface area contributed by atoms with Crippen molar-refractivity contribution in [2.24, 2.45) is 0 Å². The fraction of sp³-hybridized carbons (Fsp3) is 0.800. The lowest BCUT2D eigenvalue weighted by Gasteiger charge is -2.24. The topological polar surface area (TPSA) is 29.5 Å². The maximum Gasteiger partial charge on any atom is 0.490 e. The van der Waals surface area contributed by atoms with Crippen LogP contribution in [0.3, 0.4) is 0 Å². The van der Waals surface area contributed by atoms with Gasteiger partial charge in [0.25, 0.3) is 0 Å². The number of amides is 1. The standard InChI is InChI=1S/C5H3F6NO2/c6-4(7,8)2-1-14-3(13)12(2)5(9,10)11/h2H,1H2. The molecule has 0 radical (unpaired) electrons. The van der Waals surface area contributed by atoms with Crippen LogP contribution in [0.15, 0.2) is 0 Å². The number of cyclic esters (lactones) is 1. The Morgan fingerprint density at radius 1 is 1.21 bits per heavy atom. The van der Waals surface area contributed by atoms with Crippen LogP contribution in [-0.2, 0) is 4.74 Å². The number of rotatable bonds is 0. The minimum absolute atomic E-state index is 1.27. The van der Waals surface area contributed by atoms with Crippen molar-refractivity contribution in [2.75, 3.05) is 6.61 Å². The van der Waals surface area contributed by atoms with Crippen LogP contribution in [0.4, 0.5) is 31.1 Å². The van der Waals surface area contributed by atoms with Gasteiger partial charge in [0.05, 0.1) is 0 Å². The maximum atomic E-state index is 11.9. The lowest BCUT2D eigenvalue weighted by molar-refractivity contribution is -0.271. The summed E-state index contributed by atoms with van der Waals surface area (Å²) in [6.45, 7) is -1.33. The third kappa shape index (κ3) is 1.85. The lowest BCUT2D eigenvalue weighted by atomic mass is 10.3. The van der Waals surface area contributed by atoms with E-state index in [-0.39, 0.29) is 0 Å². The van der Waals surface area contributed by atoms with Crippen LogP contribution in [0.25, 0.3) is 0 Å². The molecule has 1 unspecified atom stereocenters. The van der Waals surface area contributed by atoms with E-state index in [2.05, 4.69) is 4.74 Å². The largest absolute Gasteiger partial charge is 0.490 e. The smallest absolute Gasteiger partial charge is 0.447 e. The van der Waals surface area contributed by atoms with E-state index in [1.54, 1.807) is 0 Å². The molecule has 1 heterocycles. The molecular formula is C5H3F6NO2. The summed E-state index contributed by atoms with van der Waals surface area (Å²) in [5, 5.41) is 0. The summed E-state index contributed by atoms with van der Waals surface area (Å²) in [6, 6.07) is -2.95. The van der Waals surface area contributed by atoms with E-state index in [1.807, 2.05) is 0 Å². The van der Waals surface area contributed by atoms with Gasteiger partial charge >= 0.3 is 18.6 Å². The molecule has 1 saturated heterocycles. The van der Waals surface area contributed by atoms with E-state index in [0.717, 1.165) is 0 Å². The van der Waals surface area contributed by atoms with E-state index in [0.29, 0.717) is 0 Å². The van der Waals surface area contributed by atoms with Crippen LogP contribution >= 0.6 is 0 Å². The second-order valence-electron chi connectivity index (χ2n) is 2.47. The zero-order valence-electron chi connectivity index (χ0n) is 6.32. The molecule has 0 saturated carbocycles. The van der Waals surface area contributed by atoms with Gasteiger partial charge in [0, 0.05) is 0 Å². The van der Waals surface area contributed by atoms with E-state index in [1.165, 1.54) is 0 Å². The molecule has 0 bridgehead atoms. The molecule has 1 aliphatic rings. The van der Waals surface area contributed by atoms with Crippen molar-refractivity contribution in [2.45, 2.75) is 18.5 Å². The quantitative estimate of drug-likeness (QED) is 0.463. The molecule has 0 N–H and O–H groups in total. The van der Waals surface area contributed by atoms with E-state index in [4.69, 9.17) is 0 Å². The van der Waals surface area contributed by atoms with Gasteiger partial charge < -0.3 is 4.74 Å². The Hall–Kier alpha value is -1.15. The minimum atomic E-state index is -5.38. The van der Waals surface area contributed by atoms with Crippen LogP contribution < -0.4 is 0 Å². The van der Waals surface area contributed by atoms with Crippen molar-refractivity contribution in [3.8, 4) is 0 Å². The minimum Gasteiger partial charge on any atom is -0.447 e. The third-order valence-electron chi connectivity index (χ3n) is 1.52. The molecule has 1 atom stereocenters. The monoisotopic (exact) mass is 223 g/mol. The van der Waals surface area contributed by atoms with Crippen LogP contribution in [0, 0.1) is 0 Å². The molecule has 0 aromatic carbocycles. The molecule has 0 spiro atoms. The Bertz CT molecular complexity index is 246. The first-order chi connectivity index (χ1) is 6.14. The molecule has 1 aliphatic heterocycles. The van der Waals surface area contributed by atoms with Crippen molar-refractivity contribution in [1.29, 1.82) is 0 Å². The maximum absolute atomic E-state index is 11.9. The van der Waals surface area contributed by atoms with Gasteiger partial charge in [0.15, 0.2) is 6.04 Å². The Morgan fingerprint density at radius 2 is 1.71 bits per heavy atom. The van der Waals surface area contributed by atoms with Gasteiger partial charge in [-0.15, -0.1) is 13.2 Å². The van der Waals surface area contributed by atoms with E-state index in [9.17, 15) is 31.1 Å². The Labute approximate surface area is 73.2 Å². The Kier molecular flexibility index (Phi) is 2.28. The second-order valence-corrected chi connectivity index (χ2v) is 2.47. The first kappa shape index (κ1) is 10.9. The molecule has 1 fully saturated rings. The van der Waals surface area contributed by atoms with Gasteiger partial charge in [-0.1, -0.05) is 0 Å². The SMILES string of the molecule is O=C1OCC(C(F)(F)F)N1C(F)(F)F. The van der Waals surface area contributed by atoms with Crippen LogP contribution in [0.5, 0.6) is 0 Å². The molecule has 9 heteroatoms. The summed E-state index contributed by atoms with van der Waals surface area (Å²) >= 11 is 0. The molecule has 0 aromatic rings. The molecular weight excluding hydrogens is 220 g/mol. The van der Waals surface area contributed by atoms with Gasteiger partial charge in [0.1, 0.15) is 6.61 Å². The summed E-state index contributed by atoms with van der Waals surface area (Å²) in [6.07, 6.45) is -12.6. The van der Waals surface area contributed by atoms with Crippen LogP contribution in [-0.4, -0.2) is 36.1 Å². The highest BCUT2D eigenvalue weighted by molar-refractivity contribution is 5.70. The number of halogens is 6. The van der Waals surface area contributed by atoms with Crippen molar-refractivity contribution in [3.05, 3.63) is 0 Å². The van der Waals surface area contributed by atoms with Gasteiger partial charge in [-0.2, -0.15) is 13.2 Å². The predicted molar refractivity (Wildman–Crippen MR) is 29.1 cm³/mol. The number of carbonyl (C=O) groups is 1.